The van der Waals surface area contributed by atoms with Gasteiger partial charge in [0.25, 0.3) is 0 Å². The summed E-state index contributed by atoms with van der Waals surface area (Å²) in [6.07, 6.45) is 2.72. The van der Waals surface area contributed by atoms with E-state index in [-0.39, 0.29) is 5.82 Å². The molecule has 0 N–H and O–H groups in total. The van der Waals surface area contributed by atoms with E-state index >= 15 is 0 Å². The van der Waals surface area contributed by atoms with E-state index in [2.05, 4.69) is 29.4 Å². The quantitative estimate of drug-likeness (QED) is 0.695. The monoisotopic (exact) mass is 242 g/mol. The Morgan fingerprint density at radius 2 is 2.23 bits per heavy atom. The van der Waals surface area contributed by atoms with Gasteiger partial charge in [-0.1, -0.05) is 28.9 Å². The van der Waals surface area contributed by atoms with E-state index in [1.165, 1.54) is 6.07 Å². The molecule has 1 atom stereocenters. The number of allylic oxidation sites excluding steroid dienone is 1. The van der Waals surface area contributed by atoms with Crippen LogP contribution in [0.4, 0.5) is 4.39 Å². The lowest BCUT2D eigenvalue weighted by atomic mass is 9.98. The smallest absolute Gasteiger partial charge is 0.124 e. The Hall–Kier alpha value is -0.630. The van der Waals surface area contributed by atoms with Crippen LogP contribution in [0.25, 0.3) is 0 Å². The first-order valence-corrected chi connectivity index (χ1v) is 4.99. The first kappa shape index (κ1) is 10.5. The van der Waals surface area contributed by atoms with E-state index in [4.69, 9.17) is 0 Å². The predicted octanol–water partition coefficient (Wildman–Crippen LogP) is 4.27. The van der Waals surface area contributed by atoms with Crippen molar-refractivity contribution < 1.29 is 4.39 Å². The fraction of sp³-hybridized carbons (Fsp3) is 0.273. The van der Waals surface area contributed by atoms with Crippen LogP contribution in [0.3, 0.4) is 0 Å². The van der Waals surface area contributed by atoms with Crippen molar-refractivity contribution in [1.82, 2.24) is 0 Å². The normalized spacial score (nSPS) is 12.5. The van der Waals surface area contributed by atoms with Gasteiger partial charge in [-0.2, -0.15) is 0 Å². The summed E-state index contributed by atoms with van der Waals surface area (Å²) in [5.74, 6) is 0.129. The SMILES string of the molecule is C=CC[C@H](C)c1cc(F)cc(Br)c1. The summed E-state index contributed by atoms with van der Waals surface area (Å²) >= 11 is 3.27. The van der Waals surface area contributed by atoms with Crippen molar-refractivity contribution in [2.75, 3.05) is 0 Å². The van der Waals surface area contributed by atoms with Crippen molar-refractivity contribution in [3.8, 4) is 0 Å². The maximum atomic E-state index is 13.0. The van der Waals surface area contributed by atoms with Gasteiger partial charge in [0.15, 0.2) is 0 Å². The van der Waals surface area contributed by atoms with Gasteiger partial charge in [-0.3, -0.25) is 0 Å². The Morgan fingerprint density at radius 3 is 2.77 bits per heavy atom. The molecule has 0 aliphatic rings. The highest BCUT2D eigenvalue weighted by atomic mass is 79.9. The Bertz CT molecular complexity index is 287. The zero-order valence-electron chi connectivity index (χ0n) is 7.56. The molecule has 0 saturated heterocycles. The molecule has 0 saturated carbocycles. The van der Waals surface area contributed by atoms with Gasteiger partial charge >= 0.3 is 0 Å². The highest BCUT2D eigenvalue weighted by Crippen LogP contribution is 2.23. The van der Waals surface area contributed by atoms with Crippen LogP contribution >= 0.6 is 15.9 Å². The lowest BCUT2D eigenvalue weighted by Gasteiger charge is -2.09. The molecule has 0 amide bonds. The summed E-state index contributed by atoms with van der Waals surface area (Å²) < 4.78 is 13.8. The molecule has 0 bridgehead atoms. The van der Waals surface area contributed by atoms with Gasteiger partial charge in [0.1, 0.15) is 5.82 Å². The number of hydrogen-bond acceptors (Lipinski definition) is 0. The van der Waals surface area contributed by atoms with E-state index in [1.54, 1.807) is 6.07 Å². The van der Waals surface area contributed by atoms with Crippen molar-refractivity contribution in [3.63, 3.8) is 0 Å². The largest absolute Gasteiger partial charge is 0.207 e. The molecule has 2 heteroatoms. The topological polar surface area (TPSA) is 0 Å². The van der Waals surface area contributed by atoms with Crippen molar-refractivity contribution in [1.29, 1.82) is 0 Å². The fourth-order valence-electron chi connectivity index (χ4n) is 1.25. The standard InChI is InChI=1S/C11H12BrF/c1-3-4-8(2)9-5-10(12)7-11(13)6-9/h3,5-8H,1,4H2,2H3/t8-/m0/s1. The lowest BCUT2D eigenvalue weighted by molar-refractivity contribution is 0.620. The molecule has 0 heterocycles. The third kappa shape index (κ3) is 2.96. The Kier molecular flexibility index (Phi) is 3.67. The number of hydrogen-bond donors (Lipinski definition) is 0. The molecule has 70 valence electrons. The summed E-state index contributed by atoms with van der Waals surface area (Å²) in [7, 11) is 0. The summed E-state index contributed by atoms with van der Waals surface area (Å²) in [5, 5.41) is 0. The molecular formula is C11H12BrF. The minimum atomic E-state index is -0.194. The Balaban J connectivity index is 2.93. The molecule has 0 radical (unpaired) electrons. The molecule has 1 rings (SSSR count). The van der Waals surface area contributed by atoms with Gasteiger partial charge in [0.2, 0.25) is 0 Å². The van der Waals surface area contributed by atoms with E-state index in [1.807, 2.05) is 12.1 Å². The van der Waals surface area contributed by atoms with Crippen molar-refractivity contribution >= 4 is 15.9 Å². The lowest BCUT2D eigenvalue weighted by Crippen LogP contribution is -1.92. The van der Waals surface area contributed by atoms with Crippen LogP contribution in [-0.2, 0) is 0 Å². The fourth-order valence-corrected chi connectivity index (χ4v) is 1.73. The highest BCUT2D eigenvalue weighted by molar-refractivity contribution is 9.10. The Morgan fingerprint density at radius 1 is 1.54 bits per heavy atom. The average Bonchev–Trinajstić information content (AvgIpc) is 2.03. The molecular weight excluding hydrogens is 231 g/mol. The van der Waals surface area contributed by atoms with Crippen LogP contribution in [0.5, 0.6) is 0 Å². The molecule has 0 nitrogen and oxygen atoms in total. The molecule has 0 aromatic heterocycles. The zero-order valence-corrected chi connectivity index (χ0v) is 9.14. The number of benzene rings is 1. The zero-order chi connectivity index (χ0) is 9.84. The molecule has 0 fully saturated rings. The second kappa shape index (κ2) is 4.56. The molecule has 13 heavy (non-hydrogen) atoms. The minimum Gasteiger partial charge on any atom is -0.207 e. The minimum absolute atomic E-state index is 0.194. The summed E-state index contributed by atoms with van der Waals surface area (Å²) in [6.45, 7) is 5.72. The highest BCUT2D eigenvalue weighted by Gasteiger charge is 2.05. The van der Waals surface area contributed by atoms with Gasteiger partial charge in [0, 0.05) is 4.47 Å². The molecule has 0 spiro atoms. The van der Waals surface area contributed by atoms with Crippen molar-refractivity contribution in [2.24, 2.45) is 0 Å². The summed E-state index contributed by atoms with van der Waals surface area (Å²) in [5.41, 5.74) is 1.01. The van der Waals surface area contributed by atoms with Crippen LogP contribution in [0.15, 0.2) is 35.3 Å². The van der Waals surface area contributed by atoms with Crippen LogP contribution < -0.4 is 0 Å². The Labute approximate surface area is 86.6 Å². The van der Waals surface area contributed by atoms with Gasteiger partial charge in [-0.15, -0.1) is 6.58 Å². The molecule has 1 aromatic rings. The molecule has 1 aromatic carbocycles. The molecule has 0 unspecified atom stereocenters. The van der Waals surface area contributed by atoms with Crippen LogP contribution in [0.1, 0.15) is 24.8 Å². The summed E-state index contributed by atoms with van der Waals surface area (Å²) in [4.78, 5) is 0. The van der Waals surface area contributed by atoms with Gasteiger partial charge in [-0.25, -0.2) is 4.39 Å². The third-order valence-electron chi connectivity index (χ3n) is 1.97. The van der Waals surface area contributed by atoms with Crippen molar-refractivity contribution in [2.45, 2.75) is 19.3 Å². The average molecular weight is 243 g/mol. The van der Waals surface area contributed by atoms with Gasteiger partial charge < -0.3 is 0 Å². The van der Waals surface area contributed by atoms with E-state index < -0.39 is 0 Å². The first-order valence-electron chi connectivity index (χ1n) is 4.20. The first-order chi connectivity index (χ1) is 6.13. The number of rotatable bonds is 3. The van der Waals surface area contributed by atoms with Crippen LogP contribution in [-0.4, -0.2) is 0 Å². The van der Waals surface area contributed by atoms with Crippen molar-refractivity contribution in [3.05, 3.63) is 46.7 Å². The molecule has 0 aliphatic heterocycles. The second-order valence-corrected chi connectivity index (χ2v) is 4.04. The maximum absolute atomic E-state index is 13.0. The van der Waals surface area contributed by atoms with E-state index in [9.17, 15) is 4.39 Å². The van der Waals surface area contributed by atoms with E-state index in [0.29, 0.717) is 5.92 Å². The number of halogens is 2. The van der Waals surface area contributed by atoms with Crippen LogP contribution in [0.2, 0.25) is 0 Å². The van der Waals surface area contributed by atoms with E-state index in [0.717, 1.165) is 16.5 Å². The summed E-state index contributed by atoms with van der Waals surface area (Å²) in [6, 6.07) is 4.97. The third-order valence-corrected chi connectivity index (χ3v) is 2.43. The second-order valence-electron chi connectivity index (χ2n) is 3.13. The van der Waals surface area contributed by atoms with Crippen LogP contribution in [0, 0.1) is 5.82 Å². The molecule has 0 aliphatic carbocycles. The van der Waals surface area contributed by atoms with Gasteiger partial charge in [-0.05, 0) is 36.1 Å². The maximum Gasteiger partial charge on any atom is 0.124 e. The predicted molar refractivity (Wildman–Crippen MR) is 57.3 cm³/mol. The van der Waals surface area contributed by atoms with Gasteiger partial charge in [0.05, 0.1) is 0 Å².